The third-order valence-corrected chi connectivity index (χ3v) is 2.85. The Kier molecular flexibility index (Phi) is 4.20. The van der Waals surface area contributed by atoms with Crippen LogP contribution in [-0.2, 0) is 4.74 Å². The van der Waals surface area contributed by atoms with Crippen molar-refractivity contribution in [3.63, 3.8) is 0 Å². The highest BCUT2D eigenvalue weighted by Crippen LogP contribution is 2.32. The fourth-order valence-electron chi connectivity index (χ4n) is 1.96. The third-order valence-electron chi connectivity index (χ3n) is 2.85. The molecule has 0 bridgehead atoms. The zero-order valence-corrected chi connectivity index (χ0v) is 10.4. The van der Waals surface area contributed by atoms with E-state index in [0.29, 0.717) is 18.8 Å². The van der Waals surface area contributed by atoms with Gasteiger partial charge in [0.25, 0.3) is 0 Å². The van der Waals surface area contributed by atoms with Gasteiger partial charge in [-0.25, -0.2) is 4.39 Å². The van der Waals surface area contributed by atoms with Crippen LogP contribution in [0, 0.1) is 17.1 Å². The zero-order chi connectivity index (χ0) is 14.7. The first kappa shape index (κ1) is 14.3. The second-order valence-electron chi connectivity index (χ2n) is 4.15. The minimum absolute atomic E-state index is 0.0858. The molecule has 1 unspecified atom stereocenters. The first-order valence-corrected chi connectivity index (χ1v) is 5.81. The molecule has 1 fully saturated rings. The van der Waals surface area contributed by atoms with E-state index < -0.39 is 24.3 Å². The molecular formula is C12H12F3N3O2. The van der Waals surface area contributed by atoms with E-state index in [0.717, 1.165) is 12.1 Å². The van der Waals surface area contributed by atoms with Gasteiger partial charge in [-0.3, -0.25) is 0 Å². The molecule has 5 nitrogen and oxygen atoms in total. The summed E-state index contributed by atoms with van der Waals surface area (Å²) in [7, 11) is 0. The molecule has 1 aliphatic heterocycles. The summed E-state index contributed by atoms with van der Waals surface area (Å²) >= 11 is 0. The van der Waals surface area contributed by atoms with Crippen LogP contribution in [0.3, 0.4) is 0 Å². The molecule has 0 aliphatic carbocycles. The van der Waals surface area contributed by atoms with Crippen LogP contribution in [0.2, 0.25) is 0 Å². The Morgan fingerprint density at radius 1 is 1.50 bits per heavy atom. The van der Waals surface area contributed by atoms with E-state index in [4.69, 9.17) is 15.7 Å². The van der Waals surface area contributed by atoms with Gasteiger partial charge >= 0.3 is 6.61 Å². The summed E-state index contributed by atoms with van der Waals surface area (Å²) in [5.74, 6) is -1.54. The molecule has 0 saturated carbocycles. The molecular weight excluding hydrogens is 275 g/mol. The summed E-state index contributed by atoms with van der Waals surface area (Å²) in [6.07, 6.45) is -0.646. The van der Waals surface area contributed by atoms with Crippen LogP contribution < -0.4 is 15.4 Å². The van der Waals surface area contributed by atoms with Crippen LogP contribution in [0.25, 0.3) is 0 Å². The van der Waals surface area contributed by atoms with Crippen molar-refractivity contribution in [1.82, 2.24) is 0 Å². The average Bonchev–Trinajstić information content (AvgIpc) is 2.41. The Balaban J connectivity index is 2.28. The molecule has 8 heteroatoms. The summed E-state index contributed by atoms with van der Waals surface area (Å²) in [5, 5.41) is 8.83. The number of hydrogen-bond donors (Lipinski definition) is 1. The molecule has 20 heavy (non-hydrogen) atoms. The summed E-state index contributed by atoms with van der Waals surface area (Å²) in [5.41, 5.74) is 6.11. The second kappa shape index (κ2) is 5.88. The number of rotatable bonds is 3. The van der Waals surface area contributed by atoms with Gasteiger partial charge in [-0.15, -0.1) is 0 Å². The highest BCUT2D eigenvalue weighted by molar-refractivity contribution is 5.70. The van der Waals surface area contributed by atoms with Gasteiger partial charge in [-0.05, 0) is 0 Å². The standard InChI is InChI=1S/C12H12F3N3O2/c13-8-3-9(17)10(4-11(8)20-12(14)15)18-1-2-19-7(5-16)6-18/h3-4,7,12H,1-2,6,17H2. The number of nitrogens with two attached hydrogens (primary N) is 1. The van der Waals surface area contributed by atoms with Crippen LogP contribution in [0.15, 0.2) is 12.1 Å². The van der Waals surface area contributed by atoms with Crippen molar-refractivity contribution in [3.05, 3.63) is 17.9 Å². The maximum absolute atomic E-state index is 13.5. The van der Waals surface area contributed by atoms with Crippen LogP contribution in [0.1, 0.15) is 0 Å². The van der Waals surface area contributed by atoms with Gasteiger partial charge < -0.3 is 20.1 Å². The highest BCUT2D eigenvalue weighted by atomic mass is 19.3. The number of hydrogen-bond acceptors (Lipinski definition) is 5. The van der Waals surface area contributed by atoms with Crippen molar-refractivity contribution in [2.75, 3.05) is 30.3 Å². The lowest BCUT2D eigenvalue weighted by atomic mass is 10.2. The van der Waals surface area contributed by atoms with Gasteiger partial charge in [0.05, 0.1) is 30.6 Å². The van der Waals surface area contributed by atoms with Gasteiger partial charge in [0.15, 0.2) is 17.7 Å². The maximum atomic E-state index is 13.5. The molecule has 0 amide bonds. The monoisotopic (exact) mass is 287 g/mol. The van der Waals surface area contributed by atoms with E-state index in [9.17, 15) is 13.2 Å². The molecule has 0 radical (unpaired) electrons. The van der Waals surface area contributed by atoms with Crippen LogP contribution in [-0.4, -0.2) is 32.4 Å². The average molecular weight is 287 g/mol. The zero-order valence-electron chi connectivity index (χ0n) is 10.4. The van der Waals surface area contributed by atoms with Gasteiger partial charge in [-0.2, -0.15) is 14.0 Å². The number of nitrogens with zero attached hydrogens (tertiary/aromatic N) is 2. The lowest BCUT2D eigenvalue weighted by Gasteiger charge is -2.32. The quantitative estimate of drug-likeness (QED) is 0.857. The van der Waals surface area contributed by atoms with Crippen molar-refractivity contribution in [2.45, 2.75) is 12.7 Å². The van der Waals surface area contributed by atoms with Crippen molar-refractivity contribution in [3.8, 4) is 11.8 Å². The number of nitriles is 1. The Hall–Kier alpha value is -2.14. The number of halogens is 3. The fraction of sp³-hybridized carbons (Fsp3) is 0.417. The largest absolute Gasteiger partial charge is 0.432 e. The number of ether oxygens (including phenoxy) is 2. The number of alkyl halides is 2. The minimum Gasteiger partial charge on any atom is -0.432 e. The smallest absolute Gasteiger partial charge is 0.387 e. The van der Waals surface area contributed by atoms with Crippen molar-refractivity contribution >= 4 is 11.4 Å². The van der Waals surface area contributed by atoms with E-state index in [2.05, 4.69) is 4.74 Å². The number of nitrogen functional groups attached to an aromatic ring is 1. The van der Waals surface area contributed by atoms with Gasteiger partial charge in [-0.1, -0.05) is 0 Å². The number of benzene rings is 1. The van der Waals surface area contributed by atoms with E-state index in [-0.39, 0.29) is 12.2 Å². The third kappa shape index (κ3) is 3.05. The topological polar surface area (TPSA) is 71.5 Å². The predicted molar refractivity (Wildman–Crippen MR) is 65.0 cm³/mol. The van der Waals surface area contributed by atoms with Gasteiger partial charge in [0.2, 0.25) is 0 Å². The van der Waals surface area contributed by atoms with Crippen molar-refractivity contribution in [2.24, 2.45) is 0 Å². The minimum atomic E-state index is -3.13. The normalized spacial score (nSPS) is 18.9. The van der Waals surface area contributed by atoms with Gasteiger partial charge in [0.1, 0.15) is 0 Å². The Morgan fingerprint density at radius 2 is 2.25 bits per heavy atom. The van der Waals surface area contributed by atoms with Crippen molar-refractivity contribution < 1.29 is 22.6 Å². The molecule has 2 N–H and O–H groups in total. The molecule has 108 valence electrons. The Labute approximate surface area is 113 Å². The number of morpholine rings is 1. The molecule has 1 heterocycles. The fourth-order valence-corrected chi connectivity index (χ4v) is 1.96. The molecule has 0 spiro atoms. The molecule has 1 aromatic rings. The lowest BCUT2D eigenvalue weighted by Crippen LogP contribution is -2.42. The van der Waals surface area contributed by atoms with Crippen molar-refractivity contribution in [1.29, 1.82) is 5.26 Å². The summed E-state index contributed by atoms with van der Waals surface area (Å²) in [4.78, 5) is 1.67. The summed E-state index contributed by atoms with van der Waals surface area (Å²) in [6.45, 7) is -2.19. The first-order valence-electron chi connectivity index (χ1n) is 5.81. The van der Waals surface area contributed by atoms with E-state index >= 15 is 0 Å². The summed E-state index contributed by atoms with van der Waals surface area (Å²) < 4.78 is 47.1. The molecule has 1 atom stereocenters. The summed E-state index contributed by atoms with van der Waals surface area (Å²) in [6, 6.07) is 3.98. The molecule has 1 aromatic carbocycles. The molecule has 1 saturated heterocycles. The van der Waals surface area contributed by atoms with E-state index in [1.165, 1.54) is 0 Å². The SMILES string of the molecule is N#CC1CN(c2cc(OC(F)F)c(F)cc2N)CCO1. The molecule has 0 aromatic heterocycles. The predicted octanol–water partition coefficient (Wildman–Crippen LogP) is 1.74. The Morgan fingerprint density at radius 3 is 2.90 bits per heavy atom. The molecule has 2 rings (SSSR count). The highest BCUT2D eigenvalue weighted by Gasteiger charge is 2.23. The molecule has 1 aliphatic rings. The van der Waals surface area contributed by atoms with E-state index in [1.807, 2.05) is 6.07 Å². The maximum Gasteiger partial charge on any atom is 0.387 e. The number of anilines is 2. The lowest BCUT2D eigenvalue weighted by molar-refractivity contribution is -0.0521. The van der Waals surface area contributed by atoms with E-state index in [1.54, 1.807) is 4.90 Å². The second-order valence-corrected chi connectivity index (χ2v) is 4.15. The van der Waals surface area contributed by atoms with Crippen LogP contribution >= 0.6 is 0 Å². The van der Waals surface area contributed by atoms with Crippen LogP contribution in [0.4, 0.5) is 24.5 Å². The van der Waals surface area contributed by atoms with Crippen LogP contribution in [0.5, 0.6) is 5.75 Å². The first-order chi connectivity index (χ1) is 9.51. The van der Waals surface area contributed by atoms with Gasteiger partial charge in [0, 0.05) is 18.7 Å². The Bertz CT molecular complexity index is 533.